The third-order valence-electron chi connectivity index (χ3n) is 5.18. The van der Waals surface area contributed by atoms with E-state index in [4.69, 9.17) is 0 Å². The number of pyridine rings is 1. The smallest absolute Gasteiger partial charge is 0.240 e. The fourth-order valence-corrected chi connectivity index (χ4v) is 4.79. The molecule has 6 nitrogen and oxygen atoms in total. The number of rotatable bonds is 7. The lowest BCUT2D eigenvalue weighted by Crippen LogP contribution is -2.38. The van der Waals surface area contributed by atoms with Gasteiger partial charge in [-0.1, -0.05) is 48.2 Å². The van der Waals surface area contributed by atoms with Crippen molar-refractivity contribution in [3.63, 3.8) is 0 Å². The Bertz CT molecular complexity index is 983. The van der Waals surface area contributed by atoms with Crippen LogP contribution in [-0.2, 0) is 11.3 Å². The SMILES string of the molecule is C=CCn1c(S[C@H](C(=O)N2CCCCC2)c2ccccc2)nnc1-c1ccncc1. The monoisotopic (exact) mass is 419 g/mol. The molecule has 0 aliphatic carbocycles. The fraction of sp³-hybridized carbons (Fsp3) is 0.304. The predicted molar refractivity (Wildman–Crippen MR) is 119 cm³/mol. The summed E-state index contributed by atoms with van der Waals surface area (Å²) < 4.78 is 2.01. The number of amides is 1. The van der Waals surface area contributed by atoms with E-state index in [1.54, 1.807) is 12.4 Å². The number of allylic oxidation sites excluding steroid dienone is 1. The molecule has 2 aromatic heterocycles. The first kappa shape index (κ1) is 20.3. The van der Waals surface area contributed by atoms with Crippen molar-refractivity contribution in [2.45, 2.75) is 36.2 Å². The van der Waals surface area contributed by atoms with Crippen LogP contribution in [0.15, 0.2) is 72.7 Å². The van der Waals surface area contributed by atoms with Gasteiger partial charge >= 0.3 is 0 Å². The van der Waals surface area contributed by atoms with Crippen molar-refractivity contribution in [2.75, 3.05) is 13.1 Å². The molecule has 0 unspecified atom stereocenters. The zero-order valence-electron chi connectivity index (χ0n) is 16.9. The zero-order chi connectivity index (χ0) is 20.8. The Hall–Kier alpha value is -2.93. The molecule has 1 aromatic carbocycles. The lowest BCUT2D eigenvalue weighted by Gasteiger charge is -2.30. The van der Waals surface area contributed by atoms with E-state index in [1.165, 1.54) is 18.2 Å². The maximum Gasteiger partial charge on any atom is 0.240 e. The highest BCUT2D eigenvalue weighted by molar-refractivity contribution is 8.00. The third-order valence-corrected chi connectivity index (χ3v) is 6.41. The van der Waals surface area contributed by atoms with E-state index in [2.05, 4.69) is 21.8 Å². The largest absolute Gasteiger partial charge is 0.341 e. The van der Waals surface area contributed by atoms with Crippen LogP contribution < -0.4 is 0 Å². The van der Waals surface area contributed by atoms with E-state index >= 15 is 0 Å². The number of carbonyl (C=O) groups excluding carboxylic acids is 1. The summed E-state index contributed by atoms with van der Waals surface area (Å²) in [5, 5.41) is 9.21. The maximum absolute atomic E-state index is 13.5. The Labute approximate surface area is 181 Å². The van der Waals surface area contributed by atoms with Gasteiger partial charge in [0.2, 0.25) is 5.91 Å². The van der Waals surface area contributed by atoms with Crippen LogP contribution in [0.5, 0.6) is 0 Å². The Kier molecular flexibility index (Phi) is 6.59. The number of likely N-dealkylation sites (tertiary alicyclic amines) is 1. The molecule has 1 aliphatic rings. The quantitative estimate of drug-likeness (QED) is 0.420. The fourth-order valence-electron chi connectivity index (χ4n) is 3.66. The van der Waals surface area contributed by atoms with E-state index in [-0.39, 0.29) is 11.2 Å². The van der Waals surface area contributed by atoms with Crippen LogP contribution in [0.4, 0.5) is 0 Å². The van der Waals surface area contributed by atoms with Gasteiger partial charge in [0.1, 0.15) is 5.25 Å². The molecule has 1 amide bonds. The molecule has 0 bridgehead atoms. The van der Waals surface area contributed by atoms with Crippen molar-refractivity contribution < 1.29 is 4.79 Å². The molecule has 154 valence electrons. The lowest BCUT2D eigenvalue weighted by atomic mass is 10.1. The number of thioether (sulfide) groups is 1. The molecule has 30 heavy (non-hydrogen) atoms. The molecule has 0 saturated carbocycles. The first-order valence-electron chi connectivity index (χ1n) is 10.2. The van der Waals surface area contributed by atoms with Crippen LogP contribution in [0, 0.1) is 0 Å². The van der Waals surface area contributed by atoms with Crippen molar-refractivity contribution in [2.24, 2.45) is 0 Å². The molecule has 0 N–H and O–H groups in total. The minimum Gasteiger partial charge on any atom is -0.341 e. The summed E-state index contributed by atoms with van der Waals surface area (Å²) in [6.45, 7) is 6.09. The Morgan fingerprint density at radius 3 is 2.50 bits per heavy atom. The molecular formula is C23H25N5OS. The van der Waals surface area contributed by atoms with Crippen LogP contribution >= 0.6 is 11.8 Å². The van der Waals surface area contributed by atoms with Gasteiger partial charge in [-0.2, -0.15) is 0 Å². The summed E-state index contributed by atoms with van der Waals surface area (Å²) in [4.78, 5) is 19.5. The van der Waals surface area contributed by atoms with Gasteiger partial charge in [0.05, 0.1) is 0 Å². The summed E-state index contributed by atoms with van der Waals surface area (Å²) in [5.74, 6) is 0.890. The summed E-state index contributed by atoms with van der Waals surface area (Å²) in [6, 6.07) is 13.8. The second-order valence-electron chi connectivity index (χ2n) is 7.24. The molecule has 7 heteroatoms. The minimum atomic E-state index is -0.359. The first-order valence-corrected chi connectivity index (χ1v) is 11.1. The number of benzene rings is 1. The molecule has 0 radical (unpaired) electrons. The topological polar surface area (TPSA) is 63.9 Å². The average molecular weight is 420 g/mol. The molecule has 1 saturated heterocycles. The number of hydrogen-bond donors (Lipinski definition) is 0. The normalized spacial score (nSPS) is 15.0. The van der Waals surface area contributed by atoms with Gasteiger partial charge in [-0.3, -0.25) is 14.3 Å². The van der Waals surface area contributed by atoms with E-state index in [1.807, 2.05) is 58.0 Å². The molecule has 1 aliphatic heterocycles. The Balaban J connectivity index is 1.68. The van der Waals surface area contributed by atoms with Gasteiger partial charge in [-0.25, -0.2) is 0 Å². The van der Waals surface area contributed by atoms with E-state index < -0.39 is 0 Å². The molecule has 0 spiro atoms. The summed E-state index contributed by atoms with van der Waals surface area (Å²) in [7, 11) is 0. The number of nitrogens with zero attached hydrogens (tertiary/aromatic N) is 5. The summed E-state index contributed by atoms with van der Waals surface area (Å²) in [6.07, 6.45) is 8.62. The van der Waals surface area contributed by atoms with Crippen molar-refractivity contribution in [3.05, 3.63) is 73.1 Å². The van der Waals surface area contributed by atoms with E-state index in [9.17, 15) is 4.79 Å². The molecule has 4 rings (SSSR count). The number of hydrogen-bond acceptors (Lipinski definition) is 5. The molecule has 1 fully saturated rings. The molecule has 3 aromatic rings. The van der Waals surface area contributed by atoms with Crippen LogP contribution in [0.3, 0.4) is 0 Å². The molecular weight excluding hydrogens is 394 g/mol. The number of piperidine rings is 1. The van der Waals surface area contributed by atoms with Gasteiger partial charge in [-0.05, 0) is 37.0 Å². The van der Waals surface area contributed by atoms with Gasteiger partial charge in [0.25, 0.3) is 0 Å². The number of aromatic nitrogens is 4. The standard InChI is InChI=1S/C23H25N5OS/c1-2-15-28-21(19-11-13-24-14-12-19)25-26-23(28)30-20(18-9-5-3-6-10-18)22(29)27-16-7-4-8-17-27/h2-3,5-6,9-14,20H,1,4,7-8,15-17H2/t20-/m0/s1. The highest BCUT2D eigenvalue weighted by Gasteiger charge is 2.30. The van der Waals surface area contributed by atoms with Crippen molar-refractivity contribution >= 4 is 17.7 Å². The average Bonchev–Trinajstić information content (AvgIpc) is 3.21. The van der Waals surface area contributed by atoms with Gasteiger partial charge in [0.15, 0.2) is 11.0 Å². The maximum atomic E-state index is 13.5. The van der Waals surface area contributed by atoms with Gasteiger partial charge < -0.3 is 4.90 Å². The second kappa shape index (κ2) is 9.71. The lowest BCUT2D eigenvalue weighted by molar-refractivity contribution is -0.131. The van der Waals surface area contributed by atoms with Gasteiger partial charge in [-0.15, -0.1) is 16.8 Å². The van der Waals surface area contributed by atoms with E-state index in [0.717, 1.165) is 42.9 Å². The Morgan fingerprint density at radius 1 is 1.07 bits per heavy atom. The predicted octanol–water partition coefficient (Wildman–Crippen LogP) is 4.37. The molecule has 3 heterocycles. The summed E-state index contributed by atoms with van der Waals surface area (Å²) >= 11 is 1.46. The first-order chi connectivity index (χ1) is 14.8. The highest BCUT2D eigenvalue weighted by atomic mass is 32.2. The Morgan fingerprint density at radius 2 is 1.80 bits per heavy atom. The van der Waals surface area contributed by atoms with Crippen LogP contribution in [-0.4, -0.2) is 43.6 Å². The van der Waals surface area contributed by atoms with Crippen molar-refractivity contribution in [3.8, 4) is 11.4 Å². The highest BCUT2D eigenvalue weighted by Crippen LogP contribution is 2.37. The molecule has 1 atom stereocenters. The third kappa shape index (κ3) is 4.46. The van der Waals surface area contributed by atoms with Crippen LogP contribution in [0.25, 0.3) is 11.4 Å². The van der Waals surface area contributed by atoms with E-state index in [0.29, 0.717) is 11.7 Å². The number of carbonyl (C=O) groups is 1. The minimum absolute atomic E-state index is 0.143. The van der Waals surface area contributed by atoms with Gasteiger partial charge in [0, 0.05) is 37.6 Å². The van der Waals surface area contributed by atoms with Crippen LogP contribution in [0.1, 0.15) is 30.1 Å². The van der Waals surface area contributed by atoms with Crippen molar-refractivity contribution in [1.82, 2.24) is 24.6 Å². The van der Waals surface area contributed by atoms with Crippen LogP contribution in [0.2, 0.25) is 0 Å². The summed E-state index contributed by atoms with van der Waals surface area (Å²) in [5.41, 5.74) is 1.92. The second-order valence-corrected chi connectivity index (χ2v) is 8.31. The zero-order valence-corrected chi connectivity index (χ0v) is 17.7. The van der Waals surface area contributed by atoms with Crippen molar-refractivity contribution in [1.29, 1.82) is 0 Å².